The molecule has 7 heteroatoms. The minimum atomic E-state index is -4.94. The first kappa shape index (κ1) is 31.2. The smallest absolute Gasteiger partial charge is 0.102 e. The second-order valence-electron chi connectivity index (χ2n) is 8.79. The highest BCUT2D eigenvalue weighted by Gasteiger charge is 2.12. The lowest BCUT2D eigenvalue weighted by molar-refractivity contribution is -2.00. The molecule has 0 aromatic carbocycles. The molecule has 0 radical (unpaired) electrons. The molecule has 0 bridgehead atoms. The van der Waals surface area contributed by atoms with Gasteiger partial charge in [0.1, 0.15) is 6.54 Å². The van der Waals surface area contributed by atoms with Gasteiger partial charge in [-0.1, -0.05) is 96.8 Å². The molecular weight excluding hydrogens is 394 g/mol. The van der Waals surface area contributed by atoms with E-state index in [0.717, 1.165) is 11.0 Å². The topological polar surface area (TPSA) is 112 Å². The molecule has 0 saturated carbocycles. The summed E-state index contributed by atoms with van der Waals surface area (Å²) in [5, 5.41) is 9.02. The fraction of sp³-hybridized carbons (Fsp3) is 1.00. The van der Waals surface area contributed by atoms with Gasteiger partial charge in [-0.15, -0.1) is 10.2 Å². The molecule has 1 N–H and O–H groups in total. The Kier molecular flexibility index (Phi) is 22.9. The molecule has 0 aromatic rings. The summed E-state index contributed by atoms with van der Waals surface area (Å²) in [7, 11) is -0.497. The van der Waals surface area contributed by atoms with E-state index in [1.54, 1.807) is 0 Å². The largest absolute Gasteiger partial charge is 0.391 e. The van der Waals surface area contributed by atoms with Gasteiger partial charge in [-0.25, -0.2) is 18.6 Å². The van der Waals surface area contributed by atoms with Gasteiger partial charge in [0, 0.05) is 0 Å². The minimum absolute atomic E-state index is 0.311. The van der Waals surface area contributed by atoms with Crippen molar-refractivity contribution >= 4 is 0 Å². The average Bonchev–Trinajstić information content (AvgIpc) is 2.60. The van der Waals surface area contributed by atoms with Gasteiger partial charge in [0.2, 0.25) is 0 Å². The van der Waals surface area contributed by atoms with Crippen molar-refractivity contribution in [3.05, 3.63) is 0 Å². The Morgan fingerprint density at radius 3 is 1.10 bits per heavy atom. The van der Waals surface area contributed by atoms with Crippen molar-refractivity contribution in [1.82, 2.24) is 0 Å². The van der Waals surface area contributed by atoms with Crippen LogP contribution in [0.25, 0.3) is 0 Å². The molecule has 0 atom stereocenters. The molecule has 0 aliphatic rings. The van der Waals surface area contributed by atoms with Crippen LogP contribution in [-0.2, 0) is 0 Å². The maximum Gasteiger partial charge on any atom is 0.102 e. The lowest BCUT2D eigenvalue weighted by atomic mass is 10.0. The molecule has 0 fully saturated rings. The molecule has 0 aliphatic carbocycles. The molecule has 6 nitrogen and oxygen atoms in total. The maximum atomic E-state index is 9.02. The summed E-state index contributed by atoms with van der Waals surface area (Å²) >= 11 is 0. The predicted molar refractivity (Wildman–Crippen MR) is 108 cm³/mol. The van der Waals surface area contributed by atoms with E-state index < -0.39 is 10.2 Å². The van der Waals surface area contributed by atoms with Crippen LogP contribution in [0.5, 0.6) is 0 Å². The van der Waals surface area contributed by atoms with E-state index in [-0.39, 0.29) is 0 Å². The third kappa shape index (κ3) is 35.8. The Bertz CT molecular complexity index is 319. The number of nitrogens with zero attached hydrogens (tertiary/aromatic N) is 1. The fourth-order valence-corrected chi connectivity index (χ4v) is 3.47. The molecule has 0 rings (SSSR count). The van der Waals surface area contributed by atoms with Crippen molar-refractivity contribution in [1.29, 1.82) is 0 Å². The van der Waals surface area contributed by atoms with Gasteiger partial charge < -0.3 is 9.59 Å². The van der Waals surface area contributed by atoms with Crippen LogP contribution in [0.2, 0.25) is 0 Å². The first-order valence-electron chi connectivity index (χ1n) is 11.7. The maximum absolute atomic E-state index is 9.02. The van der Waals surface area contributed by atoms with Crippen LogP contribution >= 0.6 is 0 Å². The highest BCUT2D eigenvalue weighted by atomic mass is 35.7. The Hall–Kier alpha value is 0.0500. The zero-order valence-electron chi connectivity index (χ0n) is 19.3. The normalized spacial score (nSPS) is 12.0. The number of hydrogen-bond donors (Lipinski definition) is 1. The van der Waals surface area contributed by atoms with Gasteiger partial charge in [0.05, 0.1) is 27.2 Å². The summed E-state index contributed by atoms with van der Waals surface area (Å²) in [4.78, 5) is 0. The highest BCUT2D eigenvalue weighted by molar-refractivity contribution is 4.50. The SMILES string of the molecule is CCCCCCCCCCCCCCCCCC[N+](C)(C)CCO.[O-][Cl+3]([O-])([O-])[O-]. The Balaban J connectivity index is 0. The van der Waals surface area contributed by atoms with Crippen molar-refractivity contribution < 1.29 is 38.5 Å². The molecule has 0 aliphatic heterocycles. The Labute approximate surface area is 182 Å². The molecular formula is C22H48ClNO5. The fourth-order valence-electron chi connectivity index (χ4n) is 3.47. The third-order valence-electron chi connectivity index (χ3n) is 5.32. The van der Waals surface area contributed by atoms with Crippen molar-refractivity contribution in [2.45, 2.75) is 110 Å². The minimum Gasteiger partial charge on any atom is -0.391 e. The van der Waals surface area contributed by atoms with E-state index in [1.807, 2.05) is 0 Å². The molecule has 0 amide bonds. The molecule has 0 heterocycles. The number of quaternary nitrogens is 1. The molecule has 0 aromatic heterocycles. The van der Waals surface area contributed by atoms with Crippen LogP contribution in [0.15, 0.2) is 0 Å². The predicted octanol–water partition coefficient (Wildman–Crippen LogP) is 1.56. The monoisotopic (exact) mass is 441 g/mol. The van der Waals surface area contributed by atoms with Crippen LogP contribution in [0.1, 0.15) is 110 Å². The van der Waals surface area contributed by atoms with Gasteiger partial charge in [-0.3, -0.25) is 0 Å². The number of likely N-dealkylation sites (N-methyl/N-ethyl adjacent to an activating group) is 1. The molecule has 29 heavy (non-hydrogen) atoms. The zero-order valence-corrected chi connectivity index (χ0v) is 20.1. The number of aliphatic hydroxyl groups excluding tert-OH is 1. The highest BCUT2D eigenvalue weighted by Crippen LogP contribution is 2.14. The number of halogens is 1. The van der Waals surface area contributed by atoms with Crippen LogP contribution in [-0.4, -0.2) is 43.4 Å². The molecule has 0 saturated heterocycles. The van der Waals surface area contributed by atoms with E-state index in [9.17, 15) is 0 Å². The van der Waals surface area contributed by atoms with Crippen molar-refractivity contribution in [2.24, 2.45) is 0 Å². The zero-order chi connectivity index (χ0) is 22.4. The van der Waals surface area contributed by atoms with Crippen LogP contribution in [0.4, 0.5) is 0 Å². The van der Waals surface area contributed by atoms with Gasteiger partial charge >= 0.3 is 0 Å². The van der Waals surface area contributed by atoms with E-state index in [2.05, 4.69) is 21.0 Å². The van der Waals surface area contributed by atoms with Gasteiger partial charge in [-0.05, 0) is 12.8 Å². The second kappa shape index (κ2) is 21.3. The van der Waals surface area contributed by atoms with E-state index in [1.165, 1.54) is 109 Å². The molecule has 0 unspecified atom stereocenters. The average molecular weight is 442 g/mol. The van der Waals surface area contributed by atoms with Crippen LogP contribution in [0.3, 0.4) is 0 Å². The van der Waals surface area contributed by atoms with Crippen LogP contribution < -0.4 is 18.6 Å². The molecule has 178 valence electrons. The number of aliphatic hydroxyl groups is 1. The van der Waals surface area contributed by atoms with E-state index >= 15 is 0 Å². The summed E-state index contributed by atoms with van der Waals surface area (Å²) < 4.78 is 34.9. The lowest BCUT2D eigenvalue weighted by Gasteiger charge is -2.28. The molecule has 0 spiro atoms. The van der Waals surface area contributed by atoms with Crippen molar-refractivity contribution in [3.8, 4) is 0 Å². The Morgan fingerprint density at radius 2 is 0.828 bits per heavy atom. The Morgan fingerprint density at radius 1 is 0.552 bits per heavy atom. The van der Waals surface area contributed by atoms with Crippen LogP contribution in [0, 0.1) is 10.2 Å². The number of rotatable bonds is 19. The van der Waals surface area contributed by atoms with Gasteiger partial charge in [0.15, 0.2) is 0 Å². The van der Waals surface area contributed by atoms with Crippen molar-refractivity contribution in [2.75, 3.05) is 33.8 Å². The van der Waals surface area contributed by atoms with E-state index in [4.69, 9.17) is 23.7 Å². The summed E-state index contributed by atoms with van der Waals surface area (Å²) in [5.74, 6) is 0. The van der Waals surface area contributed by atoms with Gasteiger partial charge in [-0.2, -0.15) is 0 Å². The first-order valence-corrected chi connectivity index (χ1v) is 12.9. The van der Waals surface area contributed by atoms with Crippen molar-refractivity contribution in [3.63, 3.8) is 0 Å². The quantitative estimate of drug-likeness (QED) is 0.241. The third-order valence-corrected chi connectivity index (χ3v) is 5.32. The first-order chi connectivity index (χ1) is 13.6. The standard InChI is InChI=1S/C22H48NO.ClHO4/c1-4-5-6-7-8-9-10-11-12-13-14-15-16-17-18-19-20-23(2,3)21-22-24;2-1(3,4)5/h24H,4-22H2,1-3H3;(H,2,3,4,5)/q+1;/p-1. The lowest BCUT2D eigenvalue weighted by Crippen LogP contribution is -2.68. The summed E-state index contributed by atoms with van der Waals surface area (Å²) in [5.41, 5.74) is 0. The van der Waals surface area contributed by atoms with E-state index in [0.29, 0.717) is 6.61 Å². The van der Waals surface area contributed by atoms with Gasteiger partial charge in [0.25, 0.3) is 0 Å². The summed E-state index contributed by atoms with van der Waals surface area (Å²) in [6.45, 7) is 4.70. The summed E-state index contributed by atoms with van der Waals surface area (Å²) in [6, 6.07) is 0. The number of unbranched alkanes of at least 4 members (excludes halogenated alkanes) is 15. The summed E-state index contributed by atoms with van der Waals surface area (Å²) in [6.07, 6.45) is 22.9. The number of hydrogen-bond acceptors (Lipinski definition) is 5. The second-order valence-corrected chi connectivity index (χ2v) is 9.54.